The van der Waals surface area contributed by atoms with E-state index in [4.69, 9.17) is 23.2 Å². The fourth-order valence-electron chi connectivity index (χ4n) is 2.38. The van der Waals surface area contributed by atoms with E-state index >= 15 is 0 Å². The van der Waals surface area contributed by atoms with Gasteiger partial charge in [0.1, 0.15) is 0 Å². The second-order valence-electron chi connectivity index (χ2n) is 5.20. The number of amides is 1. The highest BCUT2D eigenvalue weighted by atomic mass is 35.5. The Morgan fingerprint density at radius 3 is 2.85 bits per heavy atom. The van der Waals surface area contributed by atoms with Gasteiger partial charge in [0.15, 0.2) is 0 Å². The third-order valence-electron chi connectivity index (χ3n) is 3.56. The molecule has 110 valence electrons. The molecule has 6 heteroatoms. The summed E-state index contributed by atoms with van der Waals surface area (Å²) in [6.07, 6.45) is 0.607. The normalized spacial score (nSPS) is 20.9. The molecule has 2 rings (SSSR count). The molecule has 1 saturated heterocycles. The highest BCUT2D eigenvalue weighted by Gasteiger charge is 2.26. The van der Waals surface area contributed by atoms with Gasteiger partial charge in [-0.05, 0) is 44.0 Å². The van der Waals surface area contributed by atoms with Crippen LogP contribution in [-0.4, -0.2) is 41.7 Å². The van der Waals surface area contributed by atoms with Crippen LogP contribution >= 0.6 is 23.2 Å². The van der Waals surface area contributed by atoms with Gasteiger partial charge in [-0.3, -0.25) is 9.69 Å². The second kappa shape index (κ2) is 6.76. The number of anilines is 1. The lowest BCUT2D eigenvalue weighted by atomic mass is 10.0. The monoisotopic (exact) mass is 316 g/mol. The topological polar surface area (TPSA) is 52.6 Å². The third kappa shape index (κ3) is 4.09. The summed E-state index contributed by atoms with van der Waals surface area (Å²) in [4.78, 5) is 14.0. The SMILES string of the molecule is CC(O)C1CCN(CC(=O)Nc2ccc(Cl)c(Cl)c2)C1. The number of carbonyl (C=O) groups is 1. The Bertz CT molecular complexity index is 494. The number of halogens is 2. The van der Waals surface area contributed by atoms with Gasteiger partial charge in [-0.1, -0.05) is 23.2 Å². The van der Waals surface area contributed by atoms with Gasteiger partial charge < -0.3 is 10.4 Å². The second-order valence-corrected chi connectivity index (χ2v) is 6.02. The molecule has 20 heavy (non-hydrogen) atoms. The standard InChI is InChI=1S/C14H18Cl2N2O2/c1-9(19)10-4-5-18(7-10)8-14(20)17-11-2-3-12(15)13(16)6-11/h2-3,6,9-10,19H,4-5,7-8H2,1H3,(H,17,20). The minimum atomic E-state index is -0.321. The summed E-state index contributed by atoms with van der Waals surface area (Å²) in [5, 5.41) is 13.2. The van der Waals surface area contributed by atoms with Gasteiger partial charge in [-0.25, -0.2) is 0 Å². The predicted octanol–water partition coefficient (Wildman–Crippen LogP) is 2.63. The summed E-state index contributed by atoms with van der Waals surface area (Å²) < 4.78 is 0. The fourth-order valence-corrected chi connectivity index (χ4v) is 2.68. The highest BCUT2D eigenvalue weighted by Crippen LogP contribution is 2.25. The quantitative estimate of drug-likeness (QED) is 0.897. The van der Waals surface area contributed by atoms with Gasteiger partial charge in [0.2, 0.25) is 5.91 Å². The first-order chi connectivity index (χ1) is 9.45. The molecule has 4 nitrogen and oxygen atoms in total. The van der Waals surface area contributed by atoms with E-state index in [0.29, 0.717) is 22.3 Å². The molecule has 0 saturated carbocycles. The number of hydrogen-bond acceptors (Lipinski definition) is 3. The van der Waals surface area contributed by atoms with E-state index in [9.17, 15) is 9.90 Å². The third-order valence-corrected chi connectivity index (χ3v) is 4.30. The largest absolute Gasteiger partial charge is 0.393 e. The van der Waals surface area contributed by atoms with E-state index in [2.05, 4.69) is 5.32 Å². The van der Waals surface area contributed by atoms with Gasteiger partial charge in [0.05, 0.1) is 22.7 Å². The number of nitrogens with zero attached hydrogens (tertiary/aromatic N) is 1. The molecule has 1 fully saturated rings. The number of aliphatic hydroxyl groups is 1. The molecule has 0 radical (unpaired) electrons. The lowest BCUT2D eigenvalue weighted by molar-refractivity contribution is -0.117. The number of aliphatic hydroxyl groups excluding tert-OH is 1. The van der Waals surface area contributed by atoms with Crippen molar-refractivity contribution in [2.45, 2.75) is 19.4 Å². The Hall–Kier alpha value is -0.810. The van der Waals surface area contributed by atoms with Crippen molar-refractivity contribution in [3.05, 3.63) is 28.2 Å². The van der Waals surface area contributed by atoms with Crippen LogP contribution in [0.1, 0.15) is 13.3 Å². The summed E-state index contributed by atoms with van der Waals surface area (Å²) in [7, 11) is 0. The van der Waals surface area contributed by atoms with Crippen LogP contribution in [0.25, 0.3) is 0 Å². The minimum Gasteiger partial charge on any atom is -0.393 e. The molecule has 2 unspecified atom stereocenters. The van der Waals surface area contributed by atoms with Gasteiger partial charge in [0, 0.05) is 12.2 Å². The molecule has 1 aliphatic heterocycles. The van der Waals surface area contributed by atoms with Crippen LogP contribution in [0.4, 0.5) is 5.69 Å². The van der Waals surface area contributed by atoms with Gasteiger partial charge in [0.25, 0.3) is 0 Å². The van der Waals surface area contributed by atoms with E-state index in [0.717, 1.165) is 19.5 Å². The number of nitrogens with one attached hydrogen (secondary N) is 1. The van der Waals surface area contributed by atoms with Crippen molar-refractivity contribution in [1.29, 1.82) is 0 Å². The Labute approximate surface area is 128 Å². The molecule has 1 amide bonds. The van der Waals surface area contributed by atoms with Gasteiger partial charge in [-0.2, -0.15) is 0 Å². The number of likely N-dealkylation sites (tertiary alicyclic amines) is 1. The maximum absolute atomic E-state index is 11.9. The molecule has 1 aromatic rings. The van der Waals surface area contributed by atoms with Crippen molar-refractivity contribution in [1.82, 2.24) is 4.90 Å². The Kier molecular flexibility index (Phi) is 5.27. The van der Waals surface area contributed by atoms with Crippen LogP contribution < -0.4 is 5.32 Å². The zero-order valence-corrected chi connectivity index (χ0v) is 12.8. The number of hydrogen-bond donors (Lipinski definition) is 2. The molecule has 1 aliphatic rings. The summed E-state index contributed by atoms with van der Waals surface area (Å²) in [6.45, 7) is 3.71. The van der Waals surface area contributed by atoms with E-state index in [1.54, 1.807) is 25.1 Å². The molecule has 0 aromatic heterocycles. The predicted molar refractivity (Wildman–Crippen MR) is 81.3 cm³/mol. The first-order valence-corrected chi connectivity index (χ1v) is 7.36. The van der Waals surface area contributed by atoms with Crippen molar-refractivity contribution in [3.63, 3.8) is 0 Å². The summed E-state index contributed by atoms with van der Waals surface area (Å²) in [6, 6.07) is 5.00. The van der Waals surface area contributed by atoms with Crippen LogP contribution in [-0.2, 0) is 4.79 Å². The first-order valence-electron chi connectivity index (χ1n) is 6.61. The maximum Gasteiger partial charge on any atom is 0.238 e. The van der Waals surface area contributed by atoms with Crippen LogP contribution in [0.3, 0.4) is 0 Å². The summed E-state index contributed by atoms with van der Waals surface area (Å²) >= 11 is 11.7. The van der Waals surface area contributed by atoms with Crippen molar-refractivity contribution >= 4 is 34.8 Å². The lowest BCUT2D eigenvalue weighted by Gasteiger charge is -2.17. The Balaban J connectivity index is 1.85. The molecule has 0 spiro atoms. The van der Waals surface area contributed by atoms with E-state index < -0.39 is 0 Å². The smallest absolute Gasteiger partial charge is 0.238 e. The average Bonchev–Trinajstić information content (AvgIpc) is 2.82. The lowest BCUT2D eigenvalue weighted by Crippen LogP contribution is -2.32. The van der Waals surface area contributed by atoms with E-state index in [1.165, 1.54) is 0 Å². The molecule has 1 aromatic carbocycles. The Morgan fingerprint density at radius 2 is 2.25 bits per heavy atom. The highest BCUT2D eigenvalue weighted by molar-refractivity contribution is 6.42. The van der Waals surface area contributed by atoms with Gasteiger partial charge >= 0.3 is 0 Å². The summed E-state index contributed by atoms with van der Waals surface area (Å²) in [5.41, 5.74) is 0.635. The van der Waals surface area contributed by atoms with E-state index in [-0.39, 0.29) is 17.9 Å². The molecule has 2 atom stereocenters. The summed E-state index contributed by atoms with van der Waals surface area (Å²) in [5.74, 6) is 0.169. The van der Waals surface area contributed by atoms with Crippen LogP contribution in [0.5, 0.6) is 0 Å². The van der Waals surface area contributed by atoms with Crippen LogP contribution in [0.15, 0.2) is 18.2 Å². The van der Waals surface area contributed by atoms with Gasteiger partial charge in [-0.15, -0.1) is 0 Å². The zero-order chi connectivity index (χ0) is 14.7. The molecular formula is C14H18Cl2N2O2. The van der Waals surface area contributed by atoms with Crippen LogP contribution in [0, 0.1) is 5.92 Å². The van der Waals surface area contributed by atoms with Crippen molar-refractivity contribution in [2.75, 3.05) is 25.0 Å². The number of benzene rings is 1. The molecule has 1 heterocycles. The number of rotatable bonds is 4. The van der Waals surface area contributed by atoms with Crippen molar-refractivity contribution in [3.8, 4) is 0 Å². The fraction of sp³-hybridized carbons (Fsp3) is 0.500. The van der Waals surface area contributed by atoms with Crippen molar-refractivity contribution < 1.29 is 9.90 Å². The zero-order valence-electron chi connectivity index (χ0n) is 11.3. The van der Waals surface area contributed by atoms with E-state index in [1.807, 2.05) is 4.90 Å². The minimum absolute atomic E-state index is 0.0883. The molecule has 0 aliphatic carbocycles. The van der Waals surface area contributed by atoms with Crippen LogP contribution in [0.2, 0.25) is 10.0 Å². The average molecular weight is 317 g/mol. The molecule has 2 N–H and O–H groups in total. The Morgan fingerprint density at radius 1 is 1.50 bits per heavy atom. The molecule has 0 bridgehead atoms. The first kappa shape index (κ1) is 15.6. The number of carbonyl (C=O) groups excluding carboxylic acids is 1. The molecular weight excluding hydrogens is 299 g/mol. The maximum atomic E-state index is 11.9. The van der Waals surface area contributed by atoms with Crippen molar-refractivity contribution in [2.24, 2.45) is 5.92 Å².